The van der Waals surface area contributed by atoms with Crippen LogP contribution in [0, 0.1) is 0 Å². The number of hydrogen-bond acceptors (Lipinski definition) is 5. The van der Waals surface area contributed by atoms with Gasteiger partial charge in [-0.1, -0.05) is 12.1 Å². The van der Waals surface area contributed by atoms with E-state index in [1.54, 1.807) is 0 Å². The number of halogens is 2. The first-order valence-electron chi connectivity index (χ1n) is 6.93. The van der Waals surface area contributed by atoms with Gasteiger partial charge < -0.3 is 14.5 Å². The Balaban J connectivity index is 1.61. The molecule has 0 atom stereocenters. The minimum atomic E-state index is -2.94. The van der Waals surface area contributed by atoms with E-state index in [0.29, 0.717) is 11.6 Å². The van der Waals surface area contributed by atoms with Crippen molar-refractivity contribution in [1.82, 2.24) is 10.3 Å². The number of rotatable bonds is 6. The maximum Gasteiger partial charge on any atom is 0.387 e. The Hall–Kier alpha value is -2.74. The van der Waals surface area contributed by atoms with E-state index in [1.165, 1.54) is 41.9 Å². The minimum Gasteiger partial charge on any atom is -0.443 e. The fourth-order valence-corrected chi connectivity index (χ4v) is 2.64. The number of aromatic nitrogens is 1. The summed E-state index contributed by atoms with van der Waals surface area (Å²) in [5.41, 5.74) is 0.780. The van der Waals surface area contributed by atoms with E-state index in [-0.39, 0.29) is 17.9 Å². The molecule has 5 nitrogen and oxygen atoms in total. The molecule has 124 valence electrons. The van der Waals surface area contributed by atoms with Gasteiger partial charge in [-0.05, 0) is 29.6 Å². The third kappa shape index (κ3) is 3.96. The van der Waals surface area contributed by atoms with Crippen molar-refractivity contribution in [3.63, 3.8) is 0 Å². The Kier molecular flexibility index (Phi) is 4.85. The van der Waals surface area contributed by atoms with Crippen molar-refractivity contribution < 1.29 is 22.7 Å². The molecule has 0 unspecified atom stereocenters. The Morgan fingerprint density at radius 3 is 2.96 bits per heavy atom. The summed E-state index contributed by atoms with van der Waals surface area (Å²) in [5, 5.41) is 4.57. The molecule has 2 aromatic heterocycles. The molecule has 0 spiro atoms. The van der Waals surface area contributed by atoms with Crippen LogP contribution in [-0.4, -0.2) is 17.5 Å². The Morgan fingerprint density at radius 2 is 2.21 bits per heavy atom. The molecule has 0 radical (unpaired) electrons. The molecule has 1 N–H and O–H groups in total. The molecule has 1 aromatic carbocycles. The van der Waals surface area contributed by atoms with E-state index in [9.17, 15) is 13.6 Å². The van der Waals surface area contributed by atoms with Gasteiger partial charge in [-0.15, -0.1) is 11.3 Å². The number of nitrogens with one attached hydrogen (secondary N) is 1. The number of carbonyl (C=O) groups is 1. The van der Waals surface area contributed by atoms with E-state index < -0.39 is 12.5 Å². The van der Waals surface area contributed by atoms with Gasteiger partial charge in [-0.2, -0.15) is 8.78 Å². The highest BCUT2D eigenvalue weighted by molar-refractivity contribution is 7.13. The quantitative estimate of drug-likeness (QED) is 0.731. The number of benzene rings is 1. The van der Waals surface area contributed by atoms with Crippen LogP contribution in [0.5, 0.6) is 5.75 Å². The lowest BCUT2D eigenvalue weighted by molar-refractivity contribution is -0.0498. The van der Waals surface area contributed by atoms with Crippen LogP contribution in [0.2, 0.25) is 0 Å². The third-order valence-corrected chi connectivity index (χ3v) is 3.89. The maximum atomic E-state index is 12.2. The van der Waals surface area contributed by atoms with E-state index >= 15 is 0 Å². The summed E-state index contributed by atoms with van der Waals surface area (Å²) in [7, 11) is 0. The van der Waals surface area contributed by atoms with Gasteiger partial charge in [-0.3, -0.25) is 4.79 Å². The normalized spacial score (nSPS) is 10.8. The Bertz CT molecular complexity index is 818. The van der Waals surface area contributed by atoms with Crippen LogP contribution in [0.1, 0.15) is 16.1 Å². The zero-order valence-electron chi connectivity index (χ0n) is 12.2. The zero-order chi connectivity index (χ0) is 16.9. The second-order valence-corrected chi connectivity index (χ2v) is 5.66. The fraction of sp³-hybridized carbons (Fsp3) is 0.125. The number of carbonyl (C=O) groups excluding carboxylic acids is 1. The summed E-state index contributed by atoms with van der Waals surface area (Å²) < 4.78 is 34.0. The van der Waals surface area contributed by atoms with Crippen LogP contribution in [0.3, 0.4) is 0 Å². The van der Waals surface area contributed by atoms with Gasteiger partial charge in [0.25, 0.3) is 5.91 Å². The molecule has 0 bridgehead atoms. The molecular weight excluding hydrogens is 338 g/mol. The minimum absolute atomic E-state index is 0.0703. The topological polar surface area (TPSA) is 64.4 Å². The first kappa shape index (κ1) is 16.1. The predicted octanol–water partition coefficient (Wildman–Crippen LogP) is 3.93. The summed E-state index contributed by atoms with van der Waals surface area (Å²) in [6, 6.07) is 9.36. The first-order chi connectivity index (χ1) is 11.6. The first-order valence-corrected chi connectivity index (χ1v) is 7.81. The molecule has 0 saturated carbocycles. The van der Waals surface area contributed by atoms with Crippen LogP contribution in [0.15, 0.2) is 52.5 Å². The molecular formula is C16H12F2N2O3S. The molecule has 0 saturated heterocycles. The number of alkyl halides is 2. The smallest absolute Gasteiger partial charge is 0.387 e. The summed E-state index contributed by atoms with van der Waals surface area (Å²) in [6.07, 6.45) is 1.46. The van der Waals surface area contributed by atoms with E-state index in [2.05, 4.69) is 15.0 Å². The number of ether oxygens (including phenoxy) is 1. The molecule has 24 heavy (non-hydrogen) atoms. The number of hydrogen-bond donors (Lipinski definition) is 1. The van der Waals surface area contributed by atoms with Gasteiger partial charge in [0.2, 0.25) is 5.89 Å². The van der Waals surface area contributed by atoms with Crippen molar-refractivity contribution in [1.29, 1.82) is 0 Å². The van der Waals surface area contributed by atoms with Crippen LogP contribution < -0.4 is 10.1 Å². The maximum absolute atomic E-state index is 12.2. The van der Waals surface area contributed by atoms with E-state index in [4.69, 9.17) is 4.42 Å². The third-order valence-electron chi connectivity index (χ3n) is 3.04. The van der Waals surface area contributed by atoms with Gasteiger partial charge in [0.15, 0.2) is 0 Å². The van der Waals surface area contributed by atoms with E-state index in [1.807, 2.05) is 17.5 Å². The fourth-order valence-electron chi connectivity index (χ4n) is 1.99. The van der Waals surface area contributed by atoms with Gasteiger partial charge in [0, 0.05) is 5.56 Å². The van der Waals surface area contributed by atoms with Crippen LogP contribution in [0.25, 0.3) is 10.8 Å². The lowest BCUT2D eigenvalue weighted by Crippen LogP contribution is -2.23. The van der Waals surface area contributed by atoms with Crippen molar-refractivity contribution in [2.24, 2.45) is 0 Å². The van der Waals surface area contributed by atoms with Crippen molar-refractivity contribution in [2.75, 3.05) is 0 Å². The standard InChI is InChI=1S/C16H12F2N2O3S/c17-16(18)23-12-4-1-3-10(7-12)14(21)19-8-11-9-22-15(20-11)13-5-2-6-24-13/h1-7,9,16H,8H2,(H,19,21). The second-order valence-electron chi connectivity index (χ2n) is 4.71. The highest BCUT2D eigenvalue weighted by Crippen LogP contribution is 2.23. The molecule has 8 heteroatoms. The molecule has 1 amide bonds. The summed E-state index contributed by atoms with van der Waals surface area (Å²) in [5.74, 6) is -0.00367. The molecule has 3 aromatic rings. The molecule has 0 aliphatic carbocycles. The summed E-state index contributed by atoms with van der Waals surface area (Å²) in [4.78, 5) is 17.3. The molecule has 0 aliphatic rings. The van der Waals surface area contributed by atoms with Crippen LogP contribution in [-0.2, 0) is 6.54 Å². The Morgan fingerprint density at radius 1 is 1.33 bits per heavy atom. The largest absolute Gasteiger partial charge is 0.443 e. The van der Waals surface area contributed by atoms with Crippen molar-refractivity contribution in [3.05, 3.63) is 59.3 Å². The van der Waals surface area contributed by atoms with E-state index in [0.717, 1.165) is 4.88 Å². The van der Waals surface area contributed by atoms with Crippen molar-refractivity contribution in [2.45, 2.75) is 13.2 Å². The molecule has 0 fully saturated rings. The summed E-state index contributed by atoms with van der Waals surface area (Å²) >= 11 is 1.50. The molecule has 3 rings (SSSR count). The molecule has 2 heterocycles. The van der Waals surface area contributed by atoms with Crippen LogP contribution >= 0.6 is 11.3 Å². The highest BCUT2D eigenvalue weighted by Gasteiger charge is 2.11. The SMILES string of the molecule is O=C(NCc1coc(-c2cccs2)n1)c1cccc(OC(F)F)c1. The number of thiophene rings is 1. The average molecular weight is 350 g/mol. The van der Waals surface area contributed by atoms with Crippen molar-refractivity contribution >= 4 is 17.2 Å². The zero-order valence-corrected chi connectivity index (χ0v) is 13.1. The van der Waals surface area contributed by atoms with Gasteiger partial charge >= 0.3 is 6.61 Å². The van der Waals surface area contributed by atoms with Crippen LogP contribution in [0.4, 0.5) is 8.78 Å². The lowest BCUT2D eigenvalue weighted by atomic mass is 10.2. The predicted molar refractivity (Wildman–Crippen MR) is 84.1 cm³/mol. The van der Waals surface area contributed by atoms with Crippen molar-refractivity contribution in [3.8, 4) is 16.5 Å². The van der Waals surface area contributed by atoms with Gasteiger partial charge in [0.05, 0.1) is 17.1 Å². The highest BCUT2D eigenvalue weighted by atomic mass is 32.1. The number of oxazole rings is 1. The number of amides is 1. The number of nitrogens with zero attached hydrogens (tertiary/aromatic N) is 1. The molecule has 0 aliphatic heterocycles. The summed E-state index contributed by atoms with van der Waals surface area (Å²) in [6.45, 7) is -2.78. The lowest BCUT2D eigenvalue weighted by Gasteiger charge is -2.07. The second kappa shape index (κ2) is 7.22. The van der Waals surface area contributed by atoms with Gasteiger partial charge in [0.1, 0.15) is 12.0 Å². The Labute approximate surface area is 139 Å². The monoisotopic (exact) mass is 350 g/mol. The van der Waals surface area contributed by atoms with Gasteiger partial charge in [-0.25, -0.2) is 4.98 Å². The average Bonchev–Trinajstić information content (AvgIpc) is 3.23.